The average molecular weight is 485 g/mol. The van der Waals surface area contributed by atoms with E-state index in [-0.39, 0.29) is 0 Å². The third-order valence-electron chi connectivity index (χ3n) is 6.38. The average Bonchev–Trinajstić information content (AvgIpc) is 2.83. The van der Waals surface area contributed by atoms with E-state index in [1.165, 1.54) is 0 Å². The molecule has 0 spiro atoms. The van der Waals surface area contributed by atoms with E-state index in [1.54, 1.807) is 27.7 Å². The number of benzene rings is 4. The van der Waals surface area contributed by atoms with Gasteiger partial charge in [-0.05, 0) is 72.5 Å². The van der Waals surface area contributed by atoms with Crippen LogP contribution in [0.5, 0.6) is 0 Å². The van der Waals surface area contributed by atoms with Crippen LogP contribution in [0.4, 0.5) is 0 Å². The molecule has 6 nitrogen and oxygen atoms in total. The lowest BCUT2D eigenvalue weighted by molar-refractivity contribution is -0.142. The van der Waals surface area contributed by atoms with Crippen molar-refractivity contribution >= 4 is 33.4 Å². The van der Waals surface area contributed by atoms with E-state index in [0.29, 0.717) is 11.1 Å². The van der Waals surface area contributed by atoms with Crippen LogP contribution in [0.25, 0.3) is 21.5 Å². The van der Waals surface area contributed by atoms with Crippen molar-refractivity contribution in [3.63, 3.8) is 0 Å². The molecule has 2 amide bonds. The Labute approximate surface area is 211 Å². The van der Waals surface area contributed by atoms with Crippen LogP contribution >= 0.6 is 0 Å². The molecule has 0 heterocycles. The molecule has 6 heteroatoms. The predicted octanol–water partition coefficient (Wildman–Crippen LogP) is 4.55. The first-order valence-corrected chi connectivity index (χ1v) is 12.0. The van der Waals surface area contributed by atoms with Crippen molar-refractivity contribution in [3.05, 3.63) is 96.1 Å². The first kappa shape index (κ1) is 25.4. The second-order valence-electron chi connectivity index (χ2n) is 10.3. The van der Waals surface area contributed by atoms with E-state index >= 15 is 0 Å². The lowest BCUT2D eigenvalue weighted by Crippen LogP contribution is -2.51. The molecule has 0 aliphatic rings. The minimum Gasteiger partial charge on any atom is -0.388 e. The molecule has 0 bridgehead atoms. The van der Waals surface area contributed by atoms with Crippen LogP contribution in [0.3, 0.4) is 0 Å². The van der Waals surface area contributed by atoms with Gasteiger partial charge in [0.25, 0.3) is 0 Å². The van der Waals surface area contributed by atoms with Gasteiger partial charge in [0, 0.05) is 0 Å². The van der Waals surface area contributed by atoms with Crippen LogP contribution in [-0.4, -0.2) is 33.2 Å². The van der Waals surface area contributed by atoms with Crippen molar-refractivity contribution in [3.8, 4) is 0 Å². The van der Waals surface area contributed by atoms with Crippen molar-refractivity contribution in [1.82, 2.24) is 10.6 Å². The van der Waals surface area contributed by atoms with Gasteiger partial charge >= 0.3 is 11.8 Å². The highest BCUT2D eigenvalue weighted by atomic mass is 16.3. The van der Waals surface area contributed by atoms with Gasteiger partial charge in [0.05, 0.1) is 23.3 Å². The monoisotopic (exact) mass is 484 g/mol. The zero-order valence-corrected chi connectivity index (χ0v) is 20.9. The smallest absolute Gasteiger partial charge is 0.309 e. The van der Waals surface area contributed by atoms with Crippen LogP contribution in [-0.2, 0) is 9.59 Å². The summed E-state index contributed by atoms with van der Waals surface area (Å²) in [5.41, 5.74) is -1.33. The molecular weight excluding hydrogens is 452 g/mol. The predicted molar refractivity (Wildman–Crippen MR) is 142 cm³/mol. The largest absolute Gasteiger partial charge is 0.388 e. The highest BCUT2D eigenvalue weighted by Gasteiger charge is 2.35. The normalized spacial score (nSPS) is 13.8. The van der Waals surface area contributed by atoms with Crippen molar-refractivity contribution in [1.29, 1.82) is 0 Å². The summed E-state index contributed by atoms with van der Waals surface area (Å²) >= 11 is 0. The third kappa shape index (κ3) is 5.56. The van der Waals surface area contributed by atoms with Crippen LogP contribution in [0.1, 0.15) is 50.9 Å². The molecule has 36 heavy (non-hydrogen) atoms. The molecule has 2 atom stereocenters. The molecule has 0 radical (unpaired) electrons. The minimum absolute atomic E-state index is 0.677. The molecule has 4 aromatic carbocycles. The summed E-state index contributed by atoms with van der Waals surface area (Å²) < 4.78 is 0. The molecule has 2 unspecified atom stereocenters. The lowest BCUT2D eigenvalue weighted by Gasteiger charge is -2.32. The summed E-state index contributed by atoms with van der Waals surface area (Å²) in [6.07, 6.45) is 0. The number of aliphatic hydroxyl groups is 2. The molecular formula is C30H32N2O4. The van der Waals surface area contributed by atoms with Gasteiger partial charge in [0.15, 0.2) is 0 Å². The van der Waals surface area contributed by atoms with Crippen LogP contribution < -0.4 is 10.6 Å². The maximum absolute atomic E-state index is 13.0. The fourth-order valence-electron chi connectivity index (χ4n) is 4.50. The molecule has 0 fully saturated rings. The van der Waals surface area contributed by atoms with Gasteiger partial charge in [-0.25, -0.2) is 0 Å². The first-order valence-electron chi connectivity index (χ1n) is 12.0. The minimum atomic E-state index is -1.34. The Morgan fingerprint density at radius 3 is 1.25 bits per heavy atom. The molecule has 4 rings (SSSR count). The Hall–Kier alpha value is -3.74. The first-order chi connectivity index (χ1) is 16.9. The molecule has 4 N–H and O–H groups in total. The van der Waals surface area contributed by atoms with Gasteiger partial charge in [-0.3, -0.25) is 9.59 Å². The maximum atomic E-state index is 13.0. The Bertz CT molecular complexity index is 1310. The number of carbonyl (C=O) groups excluding carboxylic acids is 2. The maximum Gasteiger partial charge on any atom is 0.309 e. The van der Waals surface area contributed by atoms with Crippen molar-refractivity contribution in [2.75, 3.05) is 0 Å². The van der Waals surface area contributed by atoms with E-state index < -0.39 is 35.1 Å². The summed E-state index contributed by atoms with van der Waals surface area (Å²) in [6, 6.07) is 25.2. The third-order valence-corrected chi connectivity index (χ3v) is 6.38. The van der Waals surface area contributed by atoms with Gasteiger partial charge in [-0.1, -0.05) is 72.8 Å². The Balaban J connectivity index is 1.58. The molecule has 0 saturated carbocycles. The number of hydrogen-bond acceptors (Lipinski definition) is 4. The topological polar surface area (TPSA) is 98.7 Å². The van der Waals surface area contributed by atoms with E-state index in [1.807, 2.05) is 84.9 Å². The van der Waals surface area contributed by atoms with Gasteiger partial charge in [-0.15, -0.1) is 0 Å². The number of carbonyl (C=O) groups is 2. The van der Waals surface area contributed by atoms with E-state index in [4.69, 9.17) is 0 Å². The van der Waals surface area contributed by atoms with Gasteiger partial charge in [0.1, 0.15) is 0 Å². The highest BCUT2D eigenvalue weighted by molar-refractivity contribution is 6.35. The molecule has 186 valence electrons. The number of rotatable bonds is 6. The van der Waals surface area contributed by atoms with Crippen LogP contribution in [0, 0.1) is 0 Å². The van der Waals surface area contributed by atoms with Crippen molar-refractivity contribution < 1.29 is 19.8 Å². The van der Waals surface area contributed by atoms with Crippen molar-refractivity contribution in [2.24, 2.45) is 0 Å². The summed E-state index contributed by atoms with van der Waals surface area (Å²) in [5, 5.41) is 31.0. The Morgan fingerprint density at radius 1 is 0.583 bits per heavy atom. The number of fused-ring (bicyclic) bond motifs is 2. The Kier molecular flexibility index (Phi) is 6.85. The molecule has 0 aromatic heterocycles. The Morgan fingerprint density at radius 2 is 0.917 bits per heavy atom. The highest BCUT2D eigenvalue weighted by Crippen LogP contribution is 2.30. The fourth-order valence-corrected chi connectivity index (χ4v) is 4.50. The van der Waals surface area contributed by atoms with E-state index in [2.05, 4.69) is 10.6 Å². The fraction of sp³-hybridized carbons (Fsp3) is 0.267. The SMILES string of the molecule is CC(C)(O)C(NC(=O)C(=O)NC(c1ccc2ccccc2c1)C(C)(C)O)c1ccc2ccccc2c1. The standard InChI is InChI=1S/C30H32N2O4/c1-29(2,35)25(23-15-13-19-9-5-7-11-21(19)17-23)31-27(33)28(34)32-26(30(3,4)36)24-16-14-20-10-6-8-12-22(20)18-24/h5-18,25-26,35-36H,1-4H3,(H,31,33)(H,32,34). The lowest BCUT2D eigenvalue weighted by atomic mass is 9.89. The zero-order chi connectivity index (χ0) is 26.1. The quantitative estimate of drug-likeness (QED) is 0.302. The summed E-state index contributed by atoms with van der Waals surface area (Å²) in [7, 11) is 0. The number of nitrogens with one attached hydrogen (secondary N) is 2. The summed E-state index contributed by atoms with van der Waals surface area (Å²) in [6.45, 7) is 6.33. The second-order valence-corrected chi connectivity index (χ2v) is 10.3. The summed E-state index contributed by atoms with van der Waals surface area (Å²) in [5.74, 6) is -1.80. The number of amides is 2. The van der Waals surface area contributed by atoms with Gasteiger partial charge in [0.2, 0.25) is 0 Å². The second kappa shape index (κ2) is 9.72. The van der Waals surface area contributed by atoms with Gasteiger partial charge in [-0.2, -0.15) is 0 Å². The van der Waals surface area contributed by atoms with E-state index in [0.717, 1.165) is 21.5 Å². The van der Waals surface area contributed by atoms with Crippen LogP contribution in [0.2, 0.25) is 0 Å². The molecule has 0 aliphatic heterocycles. The zero-order valence-electron chi connectivity index (χ0n) is 20.9. The van der Waals surface area contributed by atoms with E-state index in [9.17, 15) is 19.8 Å². The number of hydrogen-bond donors (Lipinski definition) is 4. The molecule has 0 aliphatic carbocycles. The van der Waals surface area contributed by atoms with Crippen molar-refractivity contribution in [2.45, 2.75) is 51.0 Å². The van der Waals surface area contributed by atoms with Gasteiger partial charge < -0.3 is 20.8 Å². The molecule has 0 saturated heterocycles. The van der Waals surface area contributed by atoms with Crippen LogP contribution in [0.15, 0.2) is 84.9 Å². The molecule has 4 aromatic rings. The summed E-state index contributed by atoms with van der Waals surface area (Å²) in [4.78, 5) is 26.1.